The van der Waals surface area contributed by atoms with Crippen molar-refractivity contribution in [1.29, 1.82) is 0 Å². The molecule has 0 radical (unpaired) electrons. The van der Waals surface area contributed by atoms with Crippen LogP contribution in [-0.2, 0) is 9.59 Å². The van der Waals surface area contributed by atoms with Crippen LogP contribution in [0, 0.1) is 5.41 Å². The van der Waals surface area contributed by atoms with Gasteiger partial charge in [0.05, 0.1) is 11.5 Å². The summed E-state index contributed by atoms with van der Waals surface area (Å²) < 4.78 is 0.892. The molecule has 0 unspecified atom stereocenters. The average Bonchev–Trinajstić information content (AvgIpc) is 2.48. The van der Waals surface area contributed by atoms with Crippen LogP contribution in [-0.4, -0.2) is 28.9 Å². The molecule has 7 heteroatoms. The third-order valence-corrected chi connectivity index (χ3v) is 4.10. The topological polar surface area (TPSA) is 95.5 Å². The first-order valence-corrected chi connectivity index (χ1v) is 8.54. The summed E-state index contributed by atoms with van der Waals surface area (Å²) >= 11 is 3.31. The summed E-state index contributed by atoms with van der Waals surface area (Å²) in [6, 6.07) is 5.85. The van der Waals surface area contributed by atoms with E-state index in [2.05, 4.69) is 26.6 Å². The third-order valence-electron chi connectivity index (χ3n) is 3.57. The Bertz CT molecular complexity index is 599. The molecule has 0 fully saturated rings. The fourth-order valence-electron chi connectivity index (χ4n) is 2.10. The maximum Gasteiger partial charge on any atom is 0.319 e. The van der Waals surface area contributed by atoms with Gasteiger partial charge < -0.3 is 15.7 Å². The fourth-order valence-corrected chi connectivity index (χ4v) is 2.36. The Labute approximate surface area is 150 Å². The molecule has 0 saturated heterocycles. The lowest BCUT2D eigenvalue weighted by atomic mass is 9.85. The zero-order chi connectivity index (χ0) is 18.3. The number of amides is 2. The van der Waals surface area contributed by atoms with Crippen molar-refractivity contribution < 1.29 is 19.5 Å². The lowest BCUT2D eigenvalue weighted by Gasteiger charge is -2.23. The third kappa shape index (κ3) is 6.31. The molecule has 24 heavy (non-hydrogen) atoms. The number of carboxylic acid groups (broad SMARTS) is 1. The van der Waals surface area contributed by atoms with Crippen molar-refractivity contribution in [2.45, 2.75) is 46.1 Å². The van der Waals surface area contributed by atoms with Crippen LogP contribution < -0.4 is 10.6 Å². The number of hydrogen-bond acceptors (Lipinski definition) is 3. The van der Waals surface area contributed by atoms with Gasteiger partial charge in [-0.1, -0.05) is 29.3 Å². The molecule has 6 nitrogen and oxygen atoms in total. The number of urea groups is 1. The molecular formula is C17H23BrN2O4. The van der Waals surface area contributed by atoms with Crippen molar-refractivity contribution >= 4 is 39.4 Å². The van der Waals surface area contributed by atoms with Gasteiger partial charge in [0.25, 0.3) is 0 Å². The van der Waals surface area contributed by atoms with E-state index in [0.717, 1.165) is 4.47 Å². The highest BCUT2D eigenvalue weighted by Gasteiger charge is 2.33. The number of carboxylic acids is 1. The molecule has 0 heterocycles. The van der Waals surface area contributed by atoms with E-state index in [9.17, 15) is 14.4 Å². The smallest absolute Gasteiger partial charge is 0.319 e. The molecule has 0 bridgehead atoms. The van der Waals surface area contributed by atoms with Crippen LogP contribution in [0.3, 0.4) is 0 Å². The Morgan fingerprint density at radius 3 is 2.29 bits per heavy atom. The van der Waals surface area contributed by atoms with E-state index in [0.29, 0.717) is 18.5 Å². The van der Waals surface area contributed by atoms with Gasteiger partial charge in [-0.2, -0.15) is 0 Å². The first kappa shape index (κ1) is 20.2. The van der Waals surface area contributed by atoms with Crippen LogP contribution in [0.2, 0.25) is 0 Å². The molecule has 0 saturated carbocycles. The number of rotatable bonds is 8. The Morgan fingerprint density at radius 2 is 1.79 bits per heavy atom. The summed E-state index contributed by atoms with van der Waals surface area (Å²) in [5.41, 5.74) is -0.559. The molecule has 2 amide bonds. The molecule has 0 aliphatic rings. The highest BCUT2D eigenvalue weighted by atomic mass is 79.9. The van der Waals surface area contributed by atoms with Gasteiger partial charge in [-0.05, 0) is 44.5 Å². The largest absolute Gasteiger partial charge is 0.481 e. The van der Waals surface area contributed by atoms with E-state index in [1.807, 2.05) is 6.92 Å². The first-order valence-electron chi connectivity index (χ1n) is 7.75. The van der Waals surface area contributed by atoms with Crippen molar-refractivity contribution in [3.63, 3.8) is 0 Å². The predicted molar refractivity (Wildman–Crippen MR) is 96.0 cm³/mol. The van der Waals surface area contributed by atoms with Gasteiger partial charge in [0, 0.05) is 16.6 Å². The highest BCUT2D eigenvalue weighted by Crippen LogP contribution is 2.22. The van der Waals surface area contributed by atoms with Gasteiger partial charge in [0.1, 0.15) is 0 Å². The second-order valence-electron chi connectivity index (χ2n) is 6.28. The van der Waals surface area contributed by atoms with E-state index in [4.69, 9.17) is 5.11 Å². The minimum absolute atomic E-state index is 0.133. The number of nitrogens with one attached hydrogen (secondary N) is 2. The number of benzene rings is 1. The second kappa shape index (κ2) is 8.82. The summed E-state index contributed by atoms with van der Waals surface area (Å²) in [5, 5.41) is 14.4. The van der Waals surface area contributed by atoms with E-state index >= 15 is 0 Å². The van der Waals surface area contributed by atoms with Gasteiger partial charge in [0.2, 0.25) is 0 Å². The van der Waals surface area contributed by atoms with Crippen molar-refractivity contribution in [3.05, 3.63) is 28.7 Å². The molecule has 132 valence electrons. The van der Waals surface area contributed by atoms with Crippen molar-refractivity contribution in [3.8, 4) is 0 Å². The maximum absolute atomic E-state index is 12.4. The number of anilines is 1. The van der Waals surface area contributed by atoms with Crippen molar-refractivity contribution in [2.24, 2.45) is 5.41 Å². The summed E-state index contributed by atoms with van der Waals surface area (Å²) in [6.45, 7) is 4.90. The number of carbonyl (C=O) groups is 3. The molecular weight excluding hydrogens is 376 g/mol. The predicted octanol–water partition coefficient (Wildman–Crippen LogP) is 3.81. The minimum Gasteiger partial charge on any atom is -0.481 e. The molecule has 0 aliphatic heterocycles. The van der Waals surface area contributed by atoms with Crippen molar-refractivity contribution in [1.82, 2.24) is 5.32 Å². The van der Waals surface area contributed by atoms with Crippen LogP contribution in [0.4, 0.5) is 10.5 Å². The summed E-state index contributed by atoms with van der Waals surface area (Å²) in [4.78, 5) is 35.6. The van der Waals surface area contributed by atoms with Crippen LogP contribution in [0.1, 0.15) is 40.0 Å². The molecule has 1 aromatic rings. The molecule has 1 aromatic carbocycles. The number of hydrogen-bond donors (Lipinski definition) is 3. The van der Waals surface area contributed by atoms with E-state index in [1.54, 1.807) is 24.3 Å². The van der Waals surface area contributed by atoms with Crippen LogP contribution in [0.5, 0.6) is 0 Å². The van der Waals surface area contributed by atoms with Crippen LogP contribution in [0.25, 0.3) is 0 Å². The number of ketones is 1. The molecule has 0 spiro atoms. The summed E-state index contributed by atoms with van der Waals surface area (Å²) in [5.74, 6) is -1.32. The molecule has 1 rings (SSSR count). The van der Waals surface area contributed by atoms with Gasteiger partial charge >= 0.3 is 12.0 Å². The molecule has 0 aliphatic carbocycles. The number of carbonyl (C=O) groups excluding carboxylic acids is 2. The first-order chi connectivity index (χ1) is 11.2. The molecule has 3 N–H and O–H groups in total. The maximum atomic E-state index is 12.4. The average molecular weight is 399 g/mol. The number of halogens is 1. The van der Waals surface area contributed by atoms with Gasteiger partial charge in [0.15, 0.2) is 5.78 Å². The van der Waals surface area contributed by atoms with Crippen molar-refractivity contribution in [2.75, 3.05) is 5.32 Å². The highest BCUT2D eigenvalue weighted by molar-refractivity contribution is 9.10. The zero-order valence-corrected chi connectivity index (χ0v) is 15.6. The lowest BCUT2D eigenvalue weighted by Crippen LogP contribution is -2.44. The van der Waals surface area contributed by atoms with E-state index in [1.165, 1.54) is 13.8 Å². The normalized spacial score (nSPS) is 12.3. The standard InChI is InChI=1S/C17H23BrN2O4/c1-4-5-13(14(21)10-17(2,3)15(22)23)20-16(24)19-12-8-6-11(18)7-9-12/h6-9,13H,4-5,10H2,1-3H3,(H,22,23)(H2,19,20,24)/t13-/m0/s1. The number of aliphatic carboxylic acids is 1. The monoisotopic (exact) mass is 398 g/mol. The van der Waals surface area contributed by atoms with Gasteiger partial charge in [-0.3, -0.25) is 9.59 Å². The SMILES string of the molecule is CCC[C@H](NC(=O)Nc1ccc(Br)cc1)C(=O)CC(C)(C)C(=O)O. The van der Waals surface area contributed by atoms with Crippen LogP contribution in [0.15, 0.2) is 28.7 Å². The number of Topliss-reactive ketones (excluding diaryl/α,β-unsaturated/α-hetero) is 1. The second-order valence-corrected chi connectivity index (χ2v) is 7.19. The molecule has 1 atom stereocenters. The Morgan fingerprint density at radius 1 is 1.21 bits per heavy atom. The summed E-state index contributed by atoms with van der Waals surface area (Å²) in [6.07, 6.45) is 1.02. The quantitative estimate of drug-likeness (QED) is 0.620. The van der Waals surface area contributed by atoms with E-state index < -0.39 is 23.5 Å². The summed E-state index contributed by atoms with van der Waals surface area (Å²) in [7, 11) is 0. The minimum atomic E-state index is -1.16. The van der Waals surface area contributed by atoms with Crippen LogP contribution >= 0.6 is 15.9 Å². The molecule has 0 aromatic heterocycles. The van der Waals surface area contributed by atoms with Gasteiger partial charge in [-0.25, -0.2) is 4.79 Å². The zero-order valence-electron chi connectivity index (χ0n) is 14.1. The van der Waals surface area contributed by atoms with E-state index in [-0.39, 0.29) is 12.2 Å². The van der Waals surface area contributed by atoms with Gasteiger partial charge in [-0.15, -0.1) is 0 Å². The Hall–Kier alpha value is -1.89. The Kier molecular flexibility index (Phi) is 7.41. The Balaban J connectivity index is 2.70. The fraction of sp³-hybridized carbons (Fsp3) is 0.471. The lowest BCUT2D eigenvalue weighted by molar-refractivity contribution is -0.149.